The van der Waals surface area contributed by atoms with Gasteiger partial charge in [0.1, 0.15) is 5.75 Å². The monoisotopic (exact) mass is 319 g/mol. The van der Waals surface area contributed by atoms with E-state index in [4.69, 9.17) is 4.74 Å². The van der Waals surface area contributed by atoms with Crippen molar-refractivity contribution < 1.29 is 14.3 Å². The fourth-order valence-electron chi connectivity index (χ4n) is 2.39. The molecule has 6 heteroatoms. The topological polar surface area (TPSA) is 79.5 Å². The average Bonchev–Trinajstić information content (AvgIpc) is 2.44. The van der Waals surface area contributed by atoms with Gasteiger partial charge >= 0.3 is 0 Å². The van der Waals surface area contributed by atoms with Crippen LogP contribution in [0.15, 0.2) is 18.2 Å². The number of benzene rings is 1. The van der Waals surface area contributed by atoms with Gasteiger partial charge in [0.15, 0.2) is 6.61 Å². The molecular formula is C17H25N3O3. The first kappa shape index (κ1) is 17.3. The second kappa shape index (κ2) is 6.58. The predicted molar refractivity (Wildman–Crippen MR) is 89.5 cm³/mol. The van der Waals surface area contributed by atoms with Crippen LogP contribution >= 0.6 is 0 Å². The predicted octanol–water partition coefficient (Wildman–Crippen LogP) is 1.97. The van der Waals surface area contributed by atoms with E-state index in [-0.39, 0.29) is 36.0 Å². The van der Waals surface area contributed by atoms with Crippen LogP contribution in [0.3, 0.4) is 0 Å². The zero-order chi connectivity index (χ0) is 17.2. The summed E-state index contributed by atoms with van der Waals surface area (Å²) in [6.45, 7) is 9.72. The average molecular weight is 319 g/mol. The van der Waals surface area contributed by atoms with E-state index in [2.05, 4.69) is 16.0 Å². The van der Waals surface area contributed by atoms with E-state index >= 15 is 0 Å². The highest BCUT2D eigenvalue weighted by molar-refractivity contribution is 5.95. The number of rotatable bonds is 4. The second-order valence-corrected chi connectivity index (χ2v) is 6.94. The molecule has 3 N–H and O–H groups in total. The van der Waals surface area contributed by atoms with Crippen molar-refractivity contribution in [3.8, 4) is 5.75 Å². The zero-order valence-corrected chi connectivity index (χ0v) is 14.3. The van der Waals surface area contributed by atoms with E-state index in [0.29, 0.717) is 11.4 Å². The van der Waals surface area contributed by atoms with Crippen LogP contribution in [0.5, 0.6) is 5.75 Å². The Morgan fingerprint density at radius 2 is 2.00 bits per heavy atom. The molecule has 23 heavy (non-hydrogen) atoms. The lowest BCUT2D eigenvalue weighted by Gasteiger charge is -2.26. The molecule has 2 rings (SSSR count). The first-order valence-corrected chi connectivity index (χ1v) is 7.80. The van der Waals surface area contributed by atoms with Crippen LogP contribution in [0.2, 0.25) is 0 Å². The number of carbonyl (C=O) groups excluding carboxylic acids is 2. The summed E-state index contributed by atoms with van der Waals surface area (Å²) < 4.78 is 5.35. The van der Waals surface area contributed by atoms with Crippen LogP contribution in [-0.4, -0.2) is 30.0 Å². The van der Waals surface area contributed by atoms with Crippen LogP contribution in [0.1, 0.15) is 46.2 Å². The molecule has 0 aliphatic carbocycles. The number of carbonyl (C=O) groups is 2. The van der Waals surface area contributed by atoms with Crippen molar-refractivity contribution in [3.63, 3.8) is 0 Å². The highest BCUT2D eigenvalue weighted by Gasteiger charge is 2.22. The van der Waals surface area contributed by atoms with Gasteiger partial charge in [-0.25, -0.2) is 0 Å². The molecule has 1 heterocycles. The fraction of sp³-hybridized carbons (Fsp3) is 0.529. The summed E-state index contributed by atoms with van der Waals surface area (Å²) in [6, 6.07) is 5.27. The summed E-state index contributed by atoms with van der Waals surface area (Å²) in [5.41, 5.74) is 1.38. The van der Waals surface area contributed by atoms with Crippen LogP contribution in [-0.2, 0) is 9.59 Å². The first-order valence-electron chi connectivity index (χ1n) is 7.80. The minimum absolute atomic E-state index is 0.0418. The number of hydrogen-bond donors (Lipinski definition) is 3. The van der Waals surface area contributed by atoms with Crippen LogP contribution in [0.25, 0.3) is 0 Å². The lowest BCUT2D eigenvalue weighted by Crippen LogP contribution is -2.49. The second-order valence-electron chi connectivity index (χ2n) is 6.94. The maximum absolute atomic E-state index is 12.2. The normalized spacial score (nSPS) is 16.7. The summed E-state index contributed by atoms with van der Waals surface area (Å²) in [5, 5.41) is 9.02. The van der Waals surface area contributed by atoms with Crippen LogP contribution in [0, 0.1) is 0 Å². The lowest BCUT2D eigenvalue weighted by atomic mass is 10.0. The zero-order valence-electron chi connectivity index (χ0n) is 14.3. The molecule has 2 atom stereocenters. The van der Waals surface area contributed by atoms with Gasteiger partial charge in [0.05, 0.1) is 11.7 Å². The van der Waals surface area contributed by atoms with Crippen LogP contribution < -0.4 is 20.7 Å². The van der Waals surface area contributed by atoms with Gasteiger partial charge in [0.2, 0.25) is 5.91 Å². The van der Waals surface area contributed by atoms with E-state index in [1.807, 2.05) is 52.8 Å². The minimum atomic E-state index is -0.328. The SMILES string of the molecule is C[C@H](N[C@@H](C)c1ccc2c(c1)NC(=O)CO2)C(=O)NC(C)(C)C. The summed E-state index contributed by atoms with van der Waals surface area (Å²) in [5.74, 6) is 0.464. The van der Waals surface area contributed by atoms with Gasteiger partial charge < -0.3 is 15.4 Å². The molecule has 0 saturated heterocycles. The number of amides is 2. The molecule has 1 aromatic rings. The van der Waals surface area contributed by atoms with Crippen molar-refractivity contribution in [3.05, 3.63) is 23.8 Å². The lowest BCUT2D eigenvalue weighted by molar-refractivity contribution is -0.124. The molecule has 2 amide bonds. The summed E-state index contributed by atoms with van der Waals surface area (Å²) in [6.07, 6.45) is 0. The van der Waals surface area contributed by atoms with Gasteiger partial charge in [0, 0.05) is 11.6 Å². The molecule has 6 nitrogen and oxygen atoms in total. The highest BCUT2D eigenvalue weighted by atomic mass is 16.5. The molecule has 0 spiro atoms. The van der Waals surface area contributed by atoms with Gasteiger partial charge in [-0.05, 0) is 52.3 Å². The Bertz CT molecular complexity index is 608. The number of nitrogens with one attached hydrogen (secondary N) is 3. The number of fused-ring (bicyclic) bond motifs is 1. The number of ether oxygens (including phenoxy) is 1. The fourth-order valence-corrected chi connectivity index (χ4v) is 2.39. The Kier molecular flexibility index (Phi) is 4.94. The molecule has 0 saturated carbocycles. The molecule has 1 aliphatic rings. The Labute approximate surface area is 137 Å². The van der Waals surface area contributed by atoms with Gasteiger partial charge in [-0.3, -0.25) is 14.9 Å². The number of hydrogen-bond acceptors (Lipinski definition) is 4. The van der Waals surface area contributed by atoms with Crippen molar-refractivity contribution in [2.75, 3.05) is 11.9 Å². The molecule has 0 unspecified atom stereocenters. The maximum atomic E-state index is 12.2. The molecule has 0 aromatic heterocycles. The quantitative estimate of drug-likeness (QED) is 0.793. The van der Waals surface area contributed by atoms with Crippen molar-refractivity contribution in [2.24, 2.45) is 0 Å². The molecule has 0 fully saturated rings. The summed E-state index contributed by atoms with van der Waals surface area (Å²) >= 11 is 0. The van der Waals surface area contributed by atoms with E-state index in [1.165, 1.54) is 0 Å². The smallest absolute Gasteiger partial charge is 0.262 e. The van der Waals surface area contributed by atoms with E-state index in [1.54, 1.807) is 0 Å². The molecule has 1 aromatic carbocycles. The Hall–Kier alpha value is -2.08. The summed E-state index contributed by atoms with van der Waals surface area (Å²) in [7, 11) is 0. The van der Waals surface area contributed by atoms with E-state index in [0.717, 1.165) is 5.56 Å². The molecule has 0 bridgehead atoms. The van der Waals surface area contributed by atoms with Crippen molar-refractivity contribution in [1.29, 1.82) is 0 Å². The third-order valence-electron chi connectivity index (χ3n) is 3.53. The molecule has 0 radical (unpaired) electrons. The Morgan fingerprint density at radius 1 is 1.30 bits per heavy atom. The third-order valence-corrected chi connectivity index (χ3v) is 3.53. The first-order chi connectivity index (χ1) is 10.7. The minimum Gasteiger partial charge on any atom is -0.482 e. The van der Waals surface area contributed by atoms with Crippen molar-refractivity contribution in [2.45, 2.75) is 52.2 Å². The van der Waals surface area contributed by atoms with Crippen molar-refractivity contribution in [1.82, 2.24) is 10.6 Å². The van der Waals surface area contributed by atoms with Gasteiger partial charge in [-0.15, -0.1) is 0 Å². The maximum Gasteiger partial charge on any atom is 0.262 e. The van der Waals surface area contributed by atoms with Gasteiger partial charge in [-0.1, -0.05) is 6.07 Å². The molecule has 1 aliphatic heterocycles. The summed E-state index contributed by atoms with van der Waals surface area (Å²) in [4.78, 5) is 23.6. The van der Waals surface area contributed by atoms with Gasteiger partial charge in [0.25, 0.3) is 5.91 Å². The third kappa shape index (κ3) is 4.69. The Balaban J connectivity index is 2.03. The van der Waals surface area contributed by atoms with Gasteiger partial charge in [-0.2, -0.15) is 0 Å². The van der Waals surface area contributed by atoms with Crippen molar-refractivity contribution >= 4 is 17.5 Å². The molecule has 126 valence electrons. The largest absolute Gasteiger partial charge is 0.482 e. The number of anilines is 1. The van der Waals surface area contributed by atoms with E-state index in [9.17, 15) is 9.59 Å². The van der Waals surface area contributed by atoms with Crippen LogP contribution in [0.4, 0.5) is 5.69 Å². The van der Waals surface area contributed by atoms with E-state index < -0.39 is 0 Å². The molecular weight excluding hydrogens is 294 g/mol. The standard InChI is InChI=1S/C17H25N3O3/c1-10(18-11(2)16(22)20-17(3,4)5)12-6-7-14-13(8-12)19-15(21)9-23-14/h6-8,10-11,18H,9H2,1-5H3,(H,19,21)(H,20,22)/t10-,11-/m0/s1. The Morgan fingerprint density at radius 3 is 2.65 bits per heavy atom. The highest BCUT2D eigenvalue weighted by Crippen LogP contribution is 2.30.